The Balaban J connectivity index is 2.11. The fraction of sp³-hybridized carbons (Fsp3) is 1.00. The molecule has 0 atom stereocenters. The van der Waals surface area contributed by atoms with E-state index in [2.05, 4.69) is 20.4 Å². The minimum Gasteiger partial charge on any atom is -0.0686 e. The van der Waals surface area contributed by atoms with Crippen LogP contribution < -0.4 is 0 Å². The van der Waals surface area contributed by atoms with Crippen LogP contribution in [0.4, 0.5) is 0 Å². The summed E-state index contributed by atoms with van der Waals surface area (Å²) < 4.78 is 0. The smallest absolute Gasteiger partial charge is 0.0592 e. The topological polar surface area (TPSA) is 0 Å². The zero-order valence-electron chi connectivity index (χ0n) is 12.3. The van der Waals surface area contributed by atoms with E-state index >= 15 is 0 Å². The molecule has 2 aliphatic rings. The second kappa shape index (κ2) is 5.91. The lowest BCUT2D eigenvalue weighted by atomic mass is 9.99. The molecule has 17 heavy (non-hydrogen) atoms. The molecule has 0 aromatic carbocycles. The third-order valence-electron chi connectivity index (χ3n) is 6.21. The zero-order chi connectivity index (χ0) is 12.3. The Morgan fingerprint density at radius 3 is 1.35 bits per heavy atom. The van der Waals surface area contributed by atoms with Crippen molar-refractivity contribution in [3.05, 3.63) is 0 Å². The van der Waals surface area contributed by atoms with Gasteiger partial charge in [0.25, 0.3) is 0 Å². The first-order valence-corrected chi connectivity index (χ1v) is 10.9. The maximum absolute atomic E-state index is 2.78. The summed E-state index contributed by atoms with van der Waals surface area (Å²) in [5.41, 5.74) is 3.34. The van der Waals surface area contributed by atoms with Crippen LogP contribution in [0, 0.1) is 0 Å². The molecule has 0 nitrogen and oxygen atoms in total. The molecule has 0 N–H and O–H groups in total. The Bertz CT molecular complexity index is 204. The number of rotatable bonds is 3. The summed E-state index contributed by atoms with van der Waals surface area (Å²) in [6, 6.07) is 0. The summed E-state index contributed by atoms with van der Waals surface area (Å²) in [5.74, 6) is 0. The van der Waals surface area contributed by atoms with Crippen molar-refractivity contribution in [3.63, 3.8) is 0 Å². The van der Waals surface area contributed by atoms with Gasteiger partial charge in [-0.3, -0.25) is 0 Å². The van der Waals surface area contributed by atoms with E-state index in [1.54, 1.807) is 25.7 Å². The molecule has 0 radical (unpaired) electrons. The van der Waals surface area contributed by atoms with Gasteiger partial charge in [0.2, 0.25) is 0 Å². The van der Waals surface area contributed by atoms with Crippen LogP contribution in [0.5, 0.6) is 0 Å². The van der Waals surface area contributed by atoms with Gasteiger partial charge >= 0.3 is 0 Å². The molecule has 0 spiro atoms. The van der Waals surface area contributed by atoms with E-state index in [9.17, 15) is 0 Å². The minimum absolute atomic E-state index is 1.01. The van der Waals surface area contributed by atoms with Gasteiger partial charge in [0.1, 0.15) is 0 Å². The molecule has 0 unspecified atom stereocenters. The van der Waals surface area contributed by atoms with Crippen LogP contribution >= 0.6 is 0 Å². The third kappa shape index (κ3) is 2.80. The molecular formula is C16H32Si. The summed E-state index contributed by atoms with van der Waals surface area (Å²) in [5, 5.41) is 0. The predicted molar refractivity (Wildman–Crippen MR) is 80.4 cm³/mol. The van der Waals surface area contributed by atoms with Crippen LogP contribution in [-0.4, -0.2) is 8.07 Å². The van der Waals surface area contributed by atoms with Gasteiger partial charge in [-0.15, -0.1) is 0 Å². The minimum atomic E-state index is -1.03. The maximum atomic E-state index is 2.78. The van der Waals surface area contributed by atoms with Gasteiger partial charge in [-0.05, 0) is 11.1 Å². The average Bonchev–Trinajstić information content (AvgIpc) is 2.39. The molecule has 0 aliphatic heterocycles. The van der Waals surface area contributed by atoms with Crippen molar-refractivity contribution in [2.45, 2.75) is 101 Å². The third-order valence-corrected chi connectivity index (χ3v) is 13.4. The van der Waals surface area contributed by atoms with Crippen LogP contribution in [0.3, 0.4) is 0 Å². The van der Waals surface area contributed by atoms with E-state index < -0.39 is 8.07 Å². The average molecular weight is 253 g/mol. The SMILES string of the molecule is CC(C)[Si](C)(C1CCCCC1)C1CCCCC1. The summed E-state index contributed by atoms with van der Waals surface area (Å²) in [7, 11) is -1.03. The summed E-state index contributed by atoms with van der Waals surface area (Å²) >= 11 is 0. The second-order valence-electron chi connectivity index (χ2n) is 7.19. The highest BCUT2D eigenvalue weighted by Gasteiger charge is 2.45. The van der Waals surface area contributed by atoms with E-state index in [1.165, 1.54) is 49.6 Å². The van der Waals surface area contributed by atoms with Crippen LogP contribution in [-0.2, 0) is 0 Å². The molecule has 0 saturated heterocycles. The van der Waals surface area contributed by atoms with Crippen molar-refractivity contribution < 1.29 is 0 Å². The van der Waals surface area contributed by atoms with Gasteiger partial charge in [0.05, 0.1) is 8.07 Å². The molecule has 0 amide bonds. The molecule has 1 heteroatoms. The zero-order valence-corrected chi connectivity index (χ0v) is 13.3. The van der Waals surface area contributed by atoms with Crippen molar-refractivity contribution in [1.29, 1.82) is 0 Å². The molecule has 0 aromatic rings. The van der Waals surface area contributed by atoms with Gasteiger partial charge < -0.3 is 0 Å². The van der Waals surface area contributed by atoms with Crippen molar-refractivity contribution in [2.24, 2.45) is 0 Å². The molecule has 2 rings (SSSR count). The predicted octanol–water partition coefficient (Wildman–Crippen LogP) is 6.14. The normalized spacial score (nSPS) is 25.4. The lowest BCUT2D eigenvalue weighted by Crippen LogP contribution is -2.46. The first-order chi connectivity index (χ1) is 8.15. The van der Waals surface area contributed by atoms with Crippen LogP contribution in [0.2, 0.25) is 23.2 Å². The standard InChI is InChI=1S/C16H32Si/c1-14(2)17(3,15-10-6-4-7-11-15)16-12-8-5-9-13-16/h14-16H,4-13H2,1-3H3. The fourth-order valence-electron chi connectivity index (χ4n) is 4.73. The monoisotopic (exact) mass is 252 g/mol. The Hall–Kier alpha value is 0.217. The molecule has 0 heterocycles. The van der Waals surface area contributed by atoms with E-state index in [-0.39, 0.29) is 0 Å². The second-order valence-corrected chi connectivity index (χ2v) is 12.7. The van der Waals surface area contributed by atoms with E-state index in [0.29, 0.717) is 0 Å². The highest BCUT2D eigenvalue weighted by molar-refractivity contribution is 6.82. The van der Waals surface area contributed by atoms with Crippen molar-refractivity contribution in [1.82, 2.24) is 0 Å². The van der Waals surface area contributed by atoms with E-state index in [1.807, 2.05) is 0 Å². The summed E-state index contributed by atoms with van der Waals surface area (Å²) in [6.07, 6.45) is 15.5. The quantitative estimate of drug-likeness (QED) is 0.529. The molecule has 2 fully saturated rings. The lowest BCUT2D eigenvalue weighted by Gasteiger charge is -2.48. The fourth-order valence-corrected chi connectivity index (χ4v) is 10.6. The molecular weight excluding hydrogens is 220 g/mol. The van der Waals surface area contributed by atoms with Gasteiger partial charge in [0, 0.05) is 0 Å². The van der Waals surface area contributed by atoms with Gasteiger partial charge in [-0.2, -0.15) is 0 Å². The van der Waals surface area contributed by atoms with Crippen molar-refractivity contribution >= 4 is 8.07 Å². The Kier molecular flexibility index (Phi) is 4.74. The lowest BCUT2D eigenvalue weighted by molar-refractivity contribution is 0.446. The molecule has 2 saturated carbocycles. The molecule has 0 bridgehead atoms. The van der Waals surface area contributed by atoms with Gasteiger partial charge in [0.15, 0.2) is 0 Å². The van der Waals surface area contributed by atoms with Crippen LogP contribution in [0.15, 0.2) is 0 Å². The molecule has 0 aromatic heterocycles. The first kappa shape index (κ1) is 13.6. The maximum Gasteiger partial charge on any atom is 0.0592 e. The van der Waals surface area contributed by atoms with Crippen molar-refractivity contribution in [3.8, 4) is 0 Å². The van der Waals surface area contributed by atoms with Crippen molar-refractivity contribution in [2.75, 3.05) is 0 Å². The Morgan fingerprint density at radius 2 is 1.06 bits per heavy atom. The van der Waals surface area contributed by atoms with Crippen LogP contribution in [0.1, 0.15) is 78.1 Å². The van der Waals surface area contributed by atoms with Gasteiger partial charge in [-0.25, -0.2) is 0 Å². The molecule has 100 valence electrons. The van der Waals surface area contributed by atoms with Crippen LogP contribution in [0.25, 0.3) is 0 Å². The largest absolute Gasteiger partial charge is 0.0686 e. The summed E-state index contributed by atoms with van der Waals surface area (Å²) in [4.78, 5) is 0. The highest BCUT2D eigenvalue weighted by atomic mass is 28.3. The highest BCUT2D eigenvalue weighted by Crippen LogP contribution is 2.52. The first-order valence-electron chi connectivity index (χ1n) is 8.15. The number of hydrogen-bond acceptors (Lipinski definition) is 0. The van der Waals surface area contributed by atoms with E-state index in [0.717, 1.165) is 5.54 Å². The Morgan fingerprint density at radius 1 is 0.706 bits per heavy atom. The van der Waals surface area contributed by atoms with Gasteiger partial charge in [-0.1, -0.05) is 90.1 Å². The number of hydrogen-bond donors (Lipinski definition) is 0. The summed E-state index contributed by atoms with van der Waals surface area (Å²) in [6.45, 7) is 7.88. The molecule has 2 aliphatic carbocycles. The Labute approximate surface area is 110 Å². The van der Waals surface area contributed by atoms with E-state index in [4.69, 9.17) is 0 Å².